The predicted octanol–water partition coefficient (Wildman–Crippen LogP) is 4.87. The Morgan fingerprint density at radius 2 is 1.88 bits per heavy atom. The van der Waals surface area contributed by atoms with Gasteiger partial charge in [-0.25, -0.2) is 4.39 Å². The second-order valence-corrected chi connectivity index (χ2v) is 4.20. The van der Waals surface area contributed by atoms with Gasteiger partial charge in [0, 0.05) is 4.47 Å². The Bertz CT molecular complexity index is 531. The monoisotopic (exact) mass is 308 g/mol. The first-order chi connectivity index (χ1) is 7.89. The molecule has 6 heteroatoms. The maximum absolute atomic E-state index is 13.6. The molecule has 0 N–H and O–H groups in total. The normalized spacial score (nSPS) is 11.8. The molecule has 0 bridgehead atoms. The fourth-order valence-corrected chi connectivity index (χ4v) is 1.90. The Balaban J connectivity index is 2.73. The lowest BCUT2D eigenvalue weighted by Crippen LogP contribution is -2.08. The van der Waals surface area contributed by atoms with E-state index < -0.39 is 23.1 Å². The van der Waals surface area contributed by atoms with Crippen molar-refractivity contribution in [1.29, 1.82) is 0 Å². The van der Waals surface area contributed by atoms with E-state index in [4.69, 9.17) is 4.42 Å². The first-order valence-corrected chi connectivity index (χ1v) is 5.29. The summed E-state index contributed by atoms with van der Waals surface area (Å²) in [6.45, 7) is 0. The van der Waals surface area contributed by atoms with Crippen molar-refractivity contribution >= 4 is 15.9 Å². The molecule has 0 aliphatic rings. The molecular weight excluding hydrogens is 304 g/mol. The molecule has 0 aliphatic heterocycles. The fourth-order valence-electron chi connectivity index (χ4n) is 1.47. The van der Waals surface area contributed by atoms with Crippen LogP contribution < -0.4 is 0 Å². The van der Waals surface area contributed by atoms with E-state index in [0.29, 0.717) is 0 Å². The van der Waals surface area contributed by atoms with E-state index in [2.05, 4.69) is 15.9 Å². The minimum Gasteiger partial charge on any atom is -0.464 e. The lowest BCUT2D eigenvalue weighted by molar-refractivity contribution is -0.137. The first kappa shape index (κ1) is 12.2. The first-order valence-electron chi connectivity index (χ1n) is 4.49. The van der Waals surface area contributed by atoms with Crippen LogP contribution in [0.4, 0.5) is 17.6 Å². The molecule has 1 nitrogen and oxygen atoms in total. The number of rotatable bonds is 1. The number of halogens is 5. The maximum atomic E-state index is 13.6. The zero-order chi connectivity index (χ0) is 12.6. The highest BCUT2D eigenvalue weighted by atomic mass is 79.9. The fraction of sp³-hybridized carbons (Fsp3) is 0.0909. The number of furan rings is 1. The van der Waals surface area contributed by atoms with E-state index in [0.717, 1.165) is 12.1 Å². The highest BCUT2D eigenvalue weighted by molar-refractivity contribution is 9.10. The third kappa shape index (κ3) is 2.36. The molecule has 0 saturated carbocycles. The van der Waals surface area contributed by atoms with Crippen molar-refractivity contribution in [2.75, 3.05) is 0 Å². The van der Waals surface area contributed by atoms with Gasteiger partial charge in [0.25, 0.3) is 0 Å². The molecule has 0 saturated heterocycles. The standard InChI is InChI=1S/C11H5BrF4O/c12-6-4-7(11(14,15)16)10(8(13)5-6)9-2-1-3-17-9/h1-5H. The summed E-state index contributed by atoms with van der Waals surface area (Å²) >= 11 is 2.83. The van der Waals surface area contributed by atoms with Crippen LogP contribution in [0, 0.1) is 5.82 Å². The third-order valence-electron chi connectivity index (χ3n) is 2.13. The van der Waals surface area contributed by atoms with Crippen molar-refractivity contribution in [3.8, 4) is 11.3 Å². The van der Waals surface area contributed by atoms with Crippen molar-refractivity contribution < 1.29 is 22.0 Å². The minimum absolute atomic E-state index is 0.0256. The average molecular weight is 309 g/mol. The molecule has 0 amide bonds. The average Bonchev–Trinajstić information content (AvgIpc) is 2.67. The smallest absolute Gasteiger partial charge is 0.417 e. The van der Waals surface area contributed by atoms with Gasteiger partial charge in [-0.3, -0.25) is 0 Å². The lowest BCUT2D eigenvalue weighted by Gasteiger charge is -2.12. The summed E-state index contributed by atoms with van der Waals surface area (Å²) < 4.78 is 56.8. The maximum Gasteiger partial charge on any atom is 0.417 e. The Kier molecular flexibility index (Phi) is 2.99. The van der Waals surface area contributed by atoms with Crippen molar-refractivity contribution in [3.63, 3.8) is 0 Å². The van der Waals surface area contributed by atoms with Gasteiger partial charge >= 0.3 is 6.18 Å². The van der Waals surface area contributed by atoms with Gasteiger partial charge in [0.2, 0.25) is 0 Å². The molecule has 2 aromatic rings. The topological polar surface area (TPSA) is 13.1 Å². The van der Waals surface area contributed by atoms with Crippen molar-refractivity contribution in [3.05, 3.63) is 46.4 Å². The number of hydrogen-bond acceptors (Lipinski definition) is 1. The summed E-state index contributed by atoms with van der Waals surface area (Å²) in [6, 6.07) is 4.46. The summed E-state index contributed by atoms with van der Waals surface area (Å²) in [6.07, 6.45) is -3.45. The summed E-state index contributed by atoms with van der Waals surface area (Å²) in [4.78, 5) is 0. The molecule has 0 unspecified atom stereocenters. The third-order valence-corrected chi connectivity index (χ3v) is 2.59. The number of benzene rings is 1. The summed E-state index contributed by atoms with van der Waals surface area (Å²) in [5, 5.41) is 0. The van der Waals surface area contributed by atoms with Crippen LogP contribution in [-0.4, -0.2) is 0 Å². The highest BCUT2D eigenvalue weighted by Gasteiger charge is 2.36. The predicted molar refractivity (Wildman–Crippen MR) is 56.8 cm³/mol. The van der Waals surface area contributed by atoms with E-state index in [9.17, 15) is 17.6 Å². The van der Waals surface area contributed by atoms with Gasteiger partial charge in [-0.1, -0.05) is 15.9 Å². The number of alkyl halides is 3. The van der Waals surface area contributed by atoms with Crippen LogP contribution in [0.15, 0.2) is 39.4 Å². The Morgan fingerprint density at radius 3 is 2.41 bits per heavy atom. The molecule has 0 fully saturated rings. The van der Waals surface area contributed by atoms with Crippen LogP contribution in [-0.2, 0) is 6.18 Å². The molecule has 90 valence electrons. The number of hydrogen-bond donors (Lipinski definition) is 0. The van der Waals surface area contributed by atoms with Crippen LogP contribution in [0.2, 0.25) is 0 Å². The summed E-state index contributed by atoms with van der Waals surface area (Å²) in [5.74, 6) is -1.14. The van der Waals surface area contributed by atoms with Gasteiger partial charge in [0.05, 0.1) is 17.4 Å². The molecule has 0 spiro atoms. The molecular formula is C11H5BrF4O. The van der Waals surface area contributed by atoms with Gasteiger partial charge in [-0.15, -0.1) is 0 Å². The van der Waals surface area contributed by atoms with Gasteiger partial charge in [0.15, 0.2) is 0 Å². The zero-order valence-corrected chi connectivity index (χ0v) is 9.77. The van der Waals surface area contributed by atoms with E-state index in [-0.39, 0.29) is 10.2 Å². The van der Waals surface area contributed by atoms with Crippen LogP contribution in [0.5, 0.6) is 0 Å². The second-order valence-electron chi connectivity index (χ2n) is 3.29. The molecule has 0 atom stereocenters. The Labute approximate surface area is 102 Å². The Morgan fingerprint density at radius 1 is 1.18 bits per heavy atom. The van der Waals surface area contributed by atoms with Crippen molar-refractivity contribution in [2.24, 2.45) is 0 Å². The van der Waals surface area contributed by atoms with E-state index in [1.165, 1.54) is 18.4 Å². The largest absolute Gasteiger partial charge is 0.464 e. The lowest BCUT2D eigenvalue weighted by atomic mass is 10.0. The van der Waals surface area contributed by atoms with Crippen molar-refractivity contribution in [1.82, 2.24) is 0 Å². The minimum atomic E-state index is -4.65. The SMILES string of the molecule is Fc1cc(Br)cc(C(F)(F)F)c1-c1ccco1. The van der Waals surface area contributed by atoms with Crippen LogP contribution in [0.1, 0.15) is 5.56 Å². The van der Waals surface area contributed by atoms with Crippen LogP contribution in [0.25, 0.3) is 11.3 Å². The quantitative estimate of drug-likeness (QED) is 0.685. The van der Waals surface area contributed by atoms with Crippen LogP contribution in [0.3, 0.4) is 0 Å². The van der Waals surface area contributed by atoms with Gasteiger partial charge in [-0.05, 0) is 24.3 Å². The summed E-state index contributed by atoms with van der Waals surface area (Å²) in [5.41, 5.74) is -1.65. The van der Waals surface area contributed by atoms with E-state index in [1.54, 1.807) is 0 Å². The molecule has 1 heterocycles. The van der Waals surface area contributed by atoms with Crippen LogP contribution >= 0.6 is 15.9 Å². The Hall–Kier alpha value is -1.30. The highest BCUT2D eigenvalue weighted by Crippen LogP contribution is 2.40. The zero-order valence-electron chi connectivity index (χ0n) is 8.18. The van der Waals surface area contributed by atoms with Gasteiger partial charge in [-0.2, -0.15) is 13.2 Å². The van der Waals surface area contributed by atoms with E-state index in [1.807, 2.05) is 0 Å². The summed E-state index contributed by atoms with van der Waals surface area (Å²) in [7, 11) is 0. The molecule has 1 aromatic carbocycles. The van der Waals surface area contributed by atoms with Crippen molar-refractivity contribution in [2.45, 2.75) is 6.18 Å². The van der Waals surface area contributed by atoms with Gasteiger partial charge in [0.1, 0.15) is 11.6 Å². The second kappa shape index (κ2) is 4.18. The van der Waals surface area contributed by atoms with E-state index >= 15 is 0 Å². The molecule has 0 radical (unpaired) electrons. The molecule has 1 aromatic heterocycles. The molecule has 17 heavy (non-hydrogen) atoms. The molecule has 2 rings (SSSR count). The molecule has 0 aliphatic carbocycles. The van der Waals surface area contributed by atoms with Gasteiger partial charge < -0.3 is 4.42 Å².